The van der Waals surface area contributed by atoms with Gasteiger partial charge in [-0.25, -0.2) is 9.97 Å². The van der Waals surface area contributed by atoms with E-state index >= 15 is 0 Å². The van der Waals surface area contributed by atoms with Gasteiger partial charge in [0.1, 0.15) is 0 Å². The smallest absolute Gasteiger partial charge is 0.306 e. The van der Waals surface area contributed by atoms with Crippen LogP contribution in [0.1, 0.15) is 50.9 Å². The molecule has 1 aliphatic rings. The summed E-state index contributed by atoms with van der Waals surface area (Å²) in [7, 11) is 0. The van der Waals surface area contributed by atoms with E-state index in [2.05, 4.69) is 29.1 Å². The Morgan fingerprint density at radius 3 is 2.20 bits per heavy atom. The number of carboxylic acids is 1. The lowest BCUT2D eigenvalue weighted by atomic mass is 9.86. The average Bonchev–Trinajstić information content (AvgIpc) is 2.47. The fourth-order valence-electron chi connectivity index (χ4n) is 2.65. The molecule has 0 spiro atoms. The van der Waals surface area contributed by atoms with Crippen LogP contribution < -0.4 is 5.32 Å². The molecule has 0 saturated heterocycles. The normalized spacial score (nSPS) is 22.5. The Morgan fingerprint density at radius 1 is 1.20 bits per heavy atom. The van der Waals surface area contributed by atoms with E-state index in [-0.39, 0.29) is 5.92 Å². The molecule has 20 heavy (non-hydrogen) atoms. The summed E-state index contributed by atoms with van der Waals surface area (Å²) in [6, 6.07) is 2.34. The van der Waals surface area contributed by atoms with Crippen molar-refractivity contribution < 1.29 is 9.90 Å². The van der Waals surface area contributed by atoms with Crippen molar-refractivity contribution in [1.29, 1.82) is 0 Å². The molecule has 1 aromatic heterocycles. The lowest BCUT2D eigenvalue weighted by molar-refractivity contribution is -0.142. The molecule has 1 saturated carbocycles. The number of rotatable bonds is 5. The van der Waals surface area contributed by atoms with E-state index in [4.69, 9.17) is 5.11 Å². The molecular weight excluding hydrogens is 254 g/mol. The Labute approximate surface area is 119 Å². The van der Waals surface area contributed by atoms with E-state index in [1.165, 1.54) is 0 Å². The van der Waals surface area contributed by atoms with Crippen molar-refractivity contribution in [3.63, 3.8) is 0 Å². The third-order valence-corrected chi connectivity index (χ3v) is 3.97. The zero-order valence-electron chi connectivity index (χ0n) is 12.2. The Hall–Kier alpha value is -1.65. The standard InChI is InChI=1S/C15H23N3O2/c1-3-11-9-12(4-2)17-15(16-11)18-13-7-5-10(6-8-13)14(19)20/h9-10,13H,3-8H2,1-2H3,(H,19,20)(H,16,17,18). The number of hydrogen-bond donors (Lipinski definition) is 2. The highest BCUT2D eigenvalue weighted by Gasteiger charge is 2.26. The summed E-state index contributed by atoms with van der Waals surface area (Å²) >= 11 is 0. The van der Waals surface area contributed by atoms with Gasteiger partial charge in [-0.1, -0.05) is 13.8 Å². The minimum absolute atomic E-state index is 0.179. The zero-order valence-corrected chi connectivity index (χ0v) is 12.2. The second-order valence-corrected chi connectivity index (χ2v) is 5.41. The maximum absolute atomic E-state index is 10.9. The Kier molecular flexibility index (Phi) is 4.93. The van der Waals surface area contributed by atoms with Gasteiger partial charge in [-0.2, -0.15) is 0 Å². The van der Waals surface area contributed by atoms with Gasteiger partial charge < -0.3 is 10.4 Å². The topological polar surface area (TPSA) is 75.1 Å². The highest BCUT2D eigenvalue weighted by Crippen LogP contribution is 2.26. The van der Waals surface area contributed by atoms with Gasteiger partial charge in [0.05, 0.1) is 5.92 Å². The number of aryl methyl sites for hydroxylation is 2. The lowest BCUT2D eigenvalue weighted by Crippen LogP contribution is -2.30. The van der Waals surface area contributed by atoms with Crippen LogP contribution in [-0.2, 0) is 17.6 Å². The maximum atomic E-state index is 10.9. The number of hydrogen-bond acceptors (Lipinski definition) is 4. The number of nitrogens with zero attached hydrogens (tertiary/aromatic N) is 2. The number of aromatic nitrogens is 2. The summed E-state index contributed by atoms with van der Waals surface area (Å²) in [6.07, 6.45) is 5.02. The summed E-state index contributed by atoms with van der Waals surface area (Å²) in [4.78, 5) is 20.0. The summed E-state index contributed by atoms with van der Waals surface area (Å²) in [5.41, 5.74) is 2.11. The van der Waals surface area contributed by atoms with Crippen molar-refractivity contribution in [2.45, 2.75) is 58.4 Å². The highest BCUT2D eigenvalue weighted by atomic mass is 16.4. The number of anilines is 1. The van der Waals surface area contributed by atoms with Crippen LogP contribution in [0, 0.1) is 5.92 Å². The SMILES string of the molecule is CCc1cc(CC)nc(NC2CCC(C(=O)O)CC2)n1. The van der Waals surface area contributed by atoms with Crippen LogP contribution in [-0.4, -0.2) is 27.1 Å². The number of carboxylic acid groups (broad SMARTS) is 1. The first-order valence-corrected chi connectivity index (χ1v) is 7.48. The van der Waals surface area contributed by atoms with Gasteiger partial charge in [0.15, 0.2) is 0 Å². The van der Waals surface area contributed by atoms with E-state index in [1.807, 2.05) is 6.07 Å². The Morgan fingerprint density at radius 2 is 1.75 bits per heavy atom. The monoisotopic (exact) mass is 277 g/mol. The lowest BCUT2D eigenvalue weighted by Gasteiger charge is -2.27. The quantitative estimate of drug-likeness (QED) is 0.865. The van der Waals surface area contributed by atoms with Crippen LogP contribution in [0.15, 0.2) is 6.07 Å². The first-order valence-electron chi connectivity index (χ1n) is 7.48. The molecule has 0 unspecified atom stereocenters. The van der Waals surface area contributed by atoms with Crippen LogP contribution in [0.25, 0.3) is 0 Å². The fourth-order valence-corrected chi connectivity index (χ4v) is 2.65. The highest BCUT2D eigenvalue weighted by molar-refractivity contribution is 5.70. The van der Waals surface area contributed by atoms with Gasteiger partial charge in [-0.15, -0.1) is 0 Å². The third kappa shape index (κ3) is 3.68. The van der Waals surface area contributed by atoms with Gasteiger partial charge >= 0.3 is 5.97 Å². The molecule has 110 valence electrons. The van der Waals surface area contributed by atoms with Gasteiger partial charge in [0, 0.05) is 17.4 Å². The molecule has 1 aromatic rings. The summed E-state index contributed by atoms with van der Waals surface area (Å²) in [5, 5.41) is 12.4. The molecule has 0 bridgehead atoms. The van der Waals surface area contributed by atoms with E-state index in [9.17, 15) is 4.79 Å². The largest absolute Gasteiger partial charge is 0.481 e. The van der Waals surface area contributed by atoms with Crippen LogP contribution in [0.3, 0.4) is 0 Å². The molecule has 0 aromatic carbocycles. The predicted octanol–water partition coefficient (Wildman–Crippen LogP) is 2.66. The molecule has 1 fully saturated rings. The first kappa shape index (κ1) is 14.8. The average molecular weight is 277 g/mol. The van der Waals surface area contributed by atoms with Crippen LogP contribution in [0.4, 0.5) is 5.95 Å². The van der Waals surface area contributed by atoms with Gasteiger partial charge in [-0.05, 0) is 44.6 Å². The van der Waals surface area contributed by atoms with Crippen LogP contribution >= 0.6 is 0 Å². The van der Waals surface area contributed by atoms with Crippen molar-refractivity contribution in [2.24, 2.45) is 5.92 Å². The summed E-state index contributed by atoms with van der Waals surface area (Å²) in [6.45, 7) is 4.17. The predicted molar refractivity (Wildman–Crippen MR) is 77.8 cm³/mol. The van der Waals surface area contributed by atoms with E-state index in [0.29, 0.717) is 12.0 Å². The van der Waals surface area contributed by atoms with Crippen molar-refractivity contribution in [1.82, 2.24) is 9.97 Å². The molecule has 2 rings (SSSR count). The maximum Gasteiger partial charge on any atom is 0.306 e. The fraction of sp³-hybridized carbons (Fsp3) is 0.667. The van der Waals surface area contributed by atoms with E-state index in [1.54, 1.807) is 0 Å². The van der Waals surface area contributed by atoms with E-state index in [0.717, 1.165) is 49.9 Å². The Bertz CT molecular complexity index is 446. The Balaban J connectivity index is 1.98. The second kappa shape index (κ2) is 6.68. The minimum atomic E-state index is -0.666. The molecule has 0 amide bonds. The van der Waals surface area contributed by atoms with E-state index < -0.39 is 5.97 Å². The second-order valence-electron chi connectivity index (χ2n) is 5.41. The zero-order chi connectivity index (χ0) is 14.5. The molecule has 0 aliphatic heterocycles. The molecule has 1 heterocycles. The first-order chi connectivity index (χ1) is 9.62. The van der Waals surface area contributed by atoms with Gasteiger partial charge in [-0.3, -0.25) is 4.79 Å². The van der Waals surface area contributed by atoms with Crippen molar-refractivity contribution in [2.75, 3.05) is 5.32 Å². The molecule has 5 nitrogen and oxygen atoms in total. The molecule has 5 heteroatoms. The number of carbonyl (C=O) groups is 1. The minimum Gasteiger partial charge on any atom is -0.481 e. The molecule has 0 atom stereocenters. The third-order valence-electron chi connectivity index (χ3n) is 3.97. The van der Waals surface area contributed by atoms with Crippen LogP contribution in [0.2, 0.25) is 0 Å². The molecule has 0 radical (unpaired) electrons. The summed E-state index contributed by atoms with van der Waals surface area (Å²) < 4.78 is 0. The molecule has 2 N–H and O–H groups in total. The van der Waals surface area contributed by atoms with Crippen molar-refractivity contribution in [3.8, 4) is 0 Å². The molecular formula is C15H23N3O2. The van der Waals surface area contributed by atoms with Gasteiger partial charge in [0.2, 0.25) is 5.95 Å². The van der Waals surface area contributed by atoms with Crippen molar-refractivity contribution in [3.05, 3.63) is 17.5 Å². The van der Waals surface area contributed by atoms with Crippen LogP contribution in [0.5, 0.6) is 0 Å². The number of aliphatic carboxylic acids is 1. The van der Waals surface area contributed by atoms with Crippen molar-refractivity contribution >= 4 is 11.9 Å². The number of nitrogens with one attached hydrogen (secondary N) is 1. The summed E-state index contributed by atoms with van der Waals surface area (Å²) in [5.74, 6) is -0.150. The molecule has 1 aliphatic carbocycles. The van der Waals surface area contributed by atoms with Gasteiger partial charge in [0.25, 0.3) is 0 Å².